The van der Waals surface area contributed by atoms with Crippen LogP contribution in [0.4, 0.5) is 10.5 Å². The Bertz CT molecular complexity index is 469. The van der Waals surface area contributed by atoms with Crippen molar-refractivity contribution in [3.63, 3.8) is 0 Å². The van der Waals surface area contributed by atoms with Crippen LogP contribution >= 0.6 is 0 Å². The lowest BCUT2D eigenvalue weighted by Gasteiger charge is -2.29. The average Bonchev–Trinajstić information content (AvgIpc) is 2.43. The number of nitrogens with zero attached hydrogens (tertiary/aromatic N) is 2. The van der Waals surface area contributed by atoms with E-state index < -0.39 is 11.7 Å². The lowest BCUT2D eigenvalue weighted by atomic mass is 10.1. The van der Waals surface area contributed by atoms with Crippen LogP contribution in [0.5, 0.6) is 0 Å². The molecule has 0 bridgehead atoms. The Labute approximate surface area is 132 Å². The Morgan fingerprint density at radius 2 is 2.09 bits per heavy atom. The molecule has 124 valence electrons. The quantitative estimate of drug-likeness (QED) is 0.874. The van der Waals surface area contributed by atoms with Crippen LogP contribution < -0.4 is 10.6 Å². The molecule has 6 nitrogen and oxygen atoms in total. The highest BCUT2D eigenvalue weighted by Gasteiger charge is 2.25. The summed E-state index contributed by atoms with van der Waals surface area (Å²) < 4.78 is 10.6. The number of hydrogen-bond acceptors (Lipinski definition) is 5. The van der Waals surface area contributed by atoms with E-state index in [0.717, 1.165) is 5.69 Å². The van der Waals surface area contributed by atoms with E-state index >= 15 is 0 Å². The second-order valence-corrected chi connectivity index (χ2v) is 6.36. The summed E-state index contributed by atoms with van der Waals surface area (Å²) in [6.45, 7) is 8.97. The summed E-state index contributed by atoms with van der Waals surface area (Å²) in [5.41, 5.74) is 6.47. The van der Waals surface area contributed by atoms with Crippen LogP contribution in [-0.2, 0) is 16.0 Å². The van der Waals surface area contributed by atoms with Crippen molar-refractivity contribution >= 4 is 11.8 Å². The maximum atomic E-state index is 12.5. The molecule has 1 heterocycles. The van der Waals surface area contributed by atoms with Crippen LogP contribution in [-0.4, -0.2) is 36.9 Å². The van der Waals surface area contributed by atoms with Crippen LogP contribution in [0.15, 0.2) is 18.3 Å². The van der Waals surface area contributed by atoms with Crippen molar-refractivity contribution in [2.24, 2.45) is 11.7 Å². The fourth-order valence-electron chi connectivity index (χ4n) is 1.95. The van der Waals surface area contributed by atoms with Gasteiger partial charge in [-0.15, -0.1) is 0 Å². The zero-order valence-corrected chi connectivity index (χ0v) is 14.1. The number of methoxy groups -OCH3 is 1. The van der Waals surface area contributed by atoms with E-state index in [9.17, 15) is 4.79 Å². The first kappa shape index (κ1) is 18.4. The predicted octanol–water partition coefficient (Wildman–Crippen LogP) is 2.56. The Kier molecular flexibility index (Phi) is 6.77. The molecule has 0 aliphatic rings. The third-order valence-electron chi connectivity index (χ3n) is 2.89. The number of amides is 1. The SMILES string of the molecule is COCC(C)CN(C(=O)OC(C)(C)C)c1ccc(CN)nc1. The Morgan fingerprint density at radius 3 is 2.55 bits per heavy atom. The van der Waals surface area contributed by atoms with Gasteiger partial charge < -0.3 is 15.2 Å². The maximum absolute atomic E-state index is 12.5. The number of carbonyl (C=O) groups is 1. The third kappa shape index (κ3) is 5.99. The summed E-state index contributed by atoms with van der Waals surface area (Å²) in [4.78, 5) is 18.3. The molecule has 0 saturated heterocycles. The fraction of sp³-hybridized carbons (Fsp3) is 0.625. The van der Waals surface area contributed by atoms with E-state index in [1.807, 2.05) is 39.8 Å². The van der Waals surface area contributed by atoms with Crippen LogP contribution in [0.25, 0.3) is 0 Å². The highest BCUT2D eigenvalue weighted by Crippen LogP contribution is 2.19. The monoisotopic (exact) mass is 309 g/mol. The minimum atomic E-state index is -0.551. The van der Waals surface area contributed by atoms with Crippen LogP contribution in [0.3, 0.4) is 0 Å². The predicted molar refractivity (Wildman–Crippen MR) is 86.7 cm³/mol. The lowest BCUT2D eigenvalue weighted by Crippen LogP contribution is -2.40. The molecule has 0 fully saturated rings. The first-order valence-corrected chi connectivity index (χ1v) is 7.41. The summed E-state index contributed by atoms with van der Waals surface area (Å²) in [7, 11) is 1.64. The average molecular weight is 309 g/mol. The van der Waals surface area contributed by atoms with Gasteiger partial charge in [-0.1, -0.05) is 6.92 Å². The number of aromatic nitrogens is 1. The van der Waals surface area contributed by atoms with Gasteiger partial charge in [0.15, 0.2) is 0 Å². The number of rotatable bonds is 6. The topological polar surface area (TPSA) is 77.7 Å². The van der Waals surface area contributed by atoms with Crippen molar-refractivity contribution < 1.29 is 14.3 Å². The van der Waals surface area contributed by atoms with Crippen molar-refractivity contribution in [1.82, 2.24) is 4.98 Å². The summed E-state index contributed by atoms with van der Waals surface area (Å²) >= 11 is 0. The van der Waals surface area contributed by atoms with E-state index in [0.29, 0.717) is 25.4 Å². The molecular formula is C16H27N3O3. The van der Waals surface area contributed by atoms with Crippen LogP contribution in [0.2, 0.25) is 0 Å². The van der Waals surface area contributed by atoms with Crippen molar-refractivity contribution in [2.45, 2.75) is 39.8 Å². The van der Waals surface area contributed by atoms with Gasteiger partial charge in [-0.05, 0) is 38.8 Å². The van der Waals surface area contributed by atoms with Gasteiger partial charge in [0.1, 0.15) is 5.60 Å². The highest BCUT2D eigenvalue weighted by molar-refractivity contribution is 5.87. The molecule has 0 aromatic carbocycles. The standard InChI is InChI=1S/C16H27N3O3/c1-12(11-21-5)10-19(15(20)22-16(2,3)4)14-7-6-13(8-17)18-9-14/h6-7,9,12H,8,10-11,17H2,1-5H3. The molecule has 0 spiro atoms. The third-order valence-corrected chi connectivity index (χ3v) is 2.89. The van der Waals surface area contributed by atoms with Gasteiger partial charge in [0.2, 0.25) is 0 Å². The number of anilines is 1. The Balaban J connectivity index is 2.96. The number of nitrogens with two attached hydrogens (primary N) is 1. The molecular weight excluding hydrogens is 282 g/mol. The Hall–Kier alpha value is -1.66. The number of ether oxygens (including phenoxy) is 2. The molecule has 0 aliphatic carbocycles. The second kappa shape index (κ2) is 8.10. The molecule has 0 radical (unpaired) electrons. The van der Waals surface area contributed by atoms with Gasteiger partial charge in [-0.2, -0.15) is 0 Å². The van der Waals surface area contributed by atoms with Crippen molar-refractivity contribution in [3.05, 3.63) is 24.0 Å². The van der Waals surface area contributed by atoms with Gasteiger partial charge in [0.25, 0.3) is 0 Å². The molecule has 0 saturated carbocycles. The first-order valence-electron chi connectivity index (χ1n) is 7.41. The molecule has 2 N–H and O–H groups in total. The second-order valence-electron chi connectivity index (χ2n) is 6.36. The van der Waals surface area contributed by atoms with E-state index in [2.05, 4.69) is 4.98 Å². The lowest BCUT2D eigenvalue weighted by molar-refractivity contribution is 0.0568. The highest BCUT2D eigenvalue weighted by atomic mass is 16.6. The molecule has 22 heavy (non-hydrogen) atoms. The molecule has 1 unspecified atom stereocenters. The van der Waals surface area contributed by atoms with Gasteiger partial charge in [-0.3, -0.25) is 9.88 Å². The number of carbonyl (C=O) groups excluding carboxylic acids is 1. The van der Waals surface area contributed by atoms with Gasteiger partial charge >= 0.3 is 6.09 Å². The first-order chi connectivity index (χ1) is 10.3. The van der Waals surface area contributed by atoms with Crippen LogP contribution in [0.1, 0.15) is 33.4 Å². The summed E-state index contributed by atoms with van der Waals surface area (Å²) in [5, 5.41) is 0. The van der Waals surface area contributed by atoms with Gasteiger partial charge in [0, 0.05) is 20.2 Å². The number of pyridine rings is 1. The van der Waals surface area contributed by atoms with Gasteiger partial charge in [-0.25, -0.2) is 4.79 Å². The summed E-state index contributed by atoms with van der Waals surface area (Å²) in [5.74, 6) is 0.173. The fourth-order valence-corrected chi connectivity index (χ4v) is 1.95. The molecule has 1 aromatic rings. The summed E-state index contributed by atoms with van der Waals surface area (Å²) in [6.07, 6.45) is 1.25. The van der Waals surface area contributed by atoms with Crippen molar-refractivity contribution in [3.8, 4) is 0 Å². The molecule has 1 atom stereocenters. The number of hydrogen-bond donors (Lipinski definition) is 1. The largest absolute Gasteiger partial charge is 0.443 e. The van der Waals surface area contributed by atoms with Gasteiger partial charge in [0.05, 0.1) is 24.2 Å². The van der Waals surface area contributed by atoms with Crippen molar-refractivity contribution in [1.29, 1.82) is 0 Å². The summed E-state index contributed by atoms with van der Waals surface area (Å²) in [6, 6.07) is 3.65. The van der Waals surface area contributed by atoms with Crippen LogP contribution in [0, 0.1) is 5.92 Å². The molecule has 1 amide bonds. The maximum Gasteiger partial charge on any atom is 0.414 e. The zero-order chi connectivity index (χ0) is 16.8. The smallest absolute Gasteiger partial charge is 0.414 e. The Morgan fingerprint density at radius 1 is 1.41 bits per heavy atom. The molecule has 6 heteroatoms. The minimum Gasteiger partial charge on any atom is -0.443 e. The minimum absolute atomic E-state index is 0.173. The van der Waals surface area contributed by atoms with E-state index in [1.165, 1.54) is 0 Å². The van der Waals surface area contributed by atoms with E-state index in [1.54, 1.807) is 18.2 Å². The van der Waals surface area contributed by atoms with E-state index in [-0.39, 0.29) is 5.92 Å². The molecule has 0 aliphatic heterocycles. The van der Waals surface area contributed by atoms with E-state index in [4.69, 9.17) is 15.2 Å². The normalized spacial score (nSPS) is 12.8. The molecule has 1 aromatic heterocycles. The zero-order valence-electron chi connectivity index (χ0n) is 14.1. The molecule has 1 rings (SSSR count). The van der Waals surface area contributed by atoms with Crippen molar-refractivity contribution in [2.75, 3.05) is 25.2 Å².